The normalized spacial score (nSPS) is 12.1. The molecule has 0 aliphatic heterocycles. The lowest BCUT2D eigenvalue weighted by atomic mass is 10.0. The number of hydrogen-bond acceptors (Lipinski definition) is 2. The number of halogens is 1. The van der Waals surface area contributed by atoms with E-state index < -0.39 is 0 Å². The van der Waals surface area contributed by atoms with Crippen LogP contribution in [-0.4, -0.2) is 12.5 Å². The van der Waals surface area contributed by atoms with Gasteiger partial charge in [0.25, 0.3) is 5.91 Å². The van der Waals surface area contributed by atoms with Gasteiger partial charge in [-0.2, -0.15) is 0 Å². The molecule has 134 valence electrons. The van der Waals surface area contributed by atoms with Gasteiger partial charge in [-0.3, -0.25) is 4.79 Å². The molecule has 0 aliphatic carbocycles. The zero-order chi connectivity index (χ0) is 18.4. The first kappa shape index (κ1) is 19.5. The Bertz CT molecular complexity index is 710. The Kier molecular flexibility index (Phi) is 7.06. The molecule has 1 N–H and O–H groups in total. The third kappa shape index (κ3) is 5.60. The monoisotopic (exact) mass is 403 g/mol. The second kappa shape index (κ2) is 9.04. The van der Waals surface area contributed by atoms with Crippen LogP contribution < -0.4 is 10.1 Å². The van der Waals surface area contributed by atoms with Crippen LogP contribution in [-0.2, 0) is 11.2 Å². The summed E-state index contributed by atoms with van der Waals surface area (Å²) in [4.78, 5) is 12.2. The number of carbonyl (C=O) groups excluding carboxylic acids is 1. The smallest absolute Gasteiger partial charge is 0.258 e. The molecule has 2 rings (SSSR count). The molecule has 0 aromatic heterocycles. The minimum atomic E-state index is -0.132. The van der Waals surface area contributed by atoms with E-state index in [0.717, 1.165) is 16.5 Å². The maximum absolute atomic E-state index is 12.2. The highest BCUT2D eigenvalue weighted by molar-refractivity contribution is 9.10. The summed E-state index contributed by atoms with van der Waals surface area (Å²) < 4.78 is 6.52. The molecular formula is C21H26BrNO2. The molecule has 0 saturated carbocycles. The van der Waals surface area contributed by atoms with E-state index in [1.54, 1.807) is 0 Å². The van der Waals surface area contributed by atoms with Gasteiger partial charge in [-0.15, -0.1) is 0 Å². The number of rotatable bonds is 7. The average molecular weight is 404 g/mol. The fourth-order valence-electron chi connectivity index (χ4n) is 2.55. The molecule has 2 aromatic rings. The summed E-state index contributed by atoms with van der Waals surface area (Å²) in [6.07, 6.45) is 1.01. The van der Waals surface area contributed by atoms with E-state index in [-0.39, 0.29) is 18.6 Å². The Morgan fingerprint density at radius 3 is 2.28 bits per heavy atom. The van der Waals surface area contributed by atoms with Gasteiger partial charge in [0.05, 0.1) is 10.5 Å². The Labute approximate surface area is 158 Å². The highest BCUT2D eigenvalue weighted by atomic mass is 79.9. The van der Waals surface area contributed by atoms with Gasteiger partial charge in [0, 0.05) is 0 Å². The van der Waals surface area contributed by atoms with E-state index in [1.807, 2.05) is 25.1 Å². The molecule has 0 saturated heterocycles. The zero-order valence-corrected chi connectivity index (χ0v) is 16.9. The molecule has 0 unspecified atom stereocenters. The molecule has 0 heterocycles. The van der Waals surface area contributed by atoms with E-state index >= 15 is 0 Å². The van der Waals surface area contributed by atoms with Crippen LogP contribution in [0.5, 0.6) is 5.75 Å². The standard InChI is InChI=1S/C21H26BrNO2/c1-5-16-6-8-17(9-7-16)15(4)23-21(24)13-25-20-11-10-18(14(2)3)12-19(20)22/h6-12,14-15H,5,13H2,1-4H3,(H,23,24)/t15-/m0/s1. The molecule has 1 atom stereocenters. The summed E-state index contributed by atoms with van der Waals surface area (Å²) in [7, 11) is 0. The Hall–Kier alpha value is -1.81. The SMILES string of the molecule is CCc1ccc([C@H](C)NC(=O)COc2ccc(C(C)C)cc2Br)cc1. The van der Waals surface area contributed by atoms with Gasteiger partial charge in [0.15, 0.2) is 6.61 Å². The van der Waals surface area contributed by atoms with Crippen LogP contribution in [0.1, 0.15) is 56.3 Å². The lowest BCUT2D eigenvalue weighted by molar-refractivity contribution is -0.123. The van der Waals surface area contributed by atoms with Crippen molar-refractivity contribution in [1.82, 2.24) is 5.32 Å². The fourth-order valence-corrected chi connectivity index (χ4v) is 3.06. The predicted octanol–water partition coefficient (Wildman–Crippen LogP) is 5.39. The molecule has 0 aliphatic rings. The van der Waals surface area contributed by atoms with Gasteiger partial charge < -0.3 is 10.1 Å². The third-order valence-electron chi connectivity index (χ3n) is 4.25. The van der Waals surface area contributed by atoms with Crippen LogP contribution in [0.25, 0.3) is 0 Å². The number of hydrogen-bond donors (Lipinski definition) is 1. The molecule has 0 spiro atoms. The average Bonchev–Trinajstić information content (AvgIpc) is 2.60. The quantitative estimate of drug-likeness (QED) is 0.672. The first-order valence-electron chi connectivity index (χ1n) is 8.71. The van der Waals surface area contributed by atoms with Crippen molar-refractivity contribution < 1.29 is 9.53 Å². The van der Waals surface area contributed by atoms with Gasteiger partial charge >= 0.3 is 0 Å². The minimum Gasteiger partial charge on any atom is -0.483 e. The molecule has 25 heavy (non-hydrogen) atoms. The van der Waals surface area contributed by atoms with Gasteiger partial charge in [-0.25, -0.2) is 0 Å². The molecule has 0 radical (unpaired) electrons. The lowest BCUT2D eigenvalue weighted by Crippen LogP contribution is -2.31. The first-order valence-corrected chi connectivity index (χ1v) is 9.50. The van der Waals surface area contributed by atoms with E-state index in [0.29, 0.717) is 11.7 Å². The van der Waals surface area contributed by atoms with Crippen LogP contribution in [0.2, 0.25) is 0 Å². The van der Waals surface area contributed by atoms with Gasteiger partial charge in [0.1, 0.15) is 5.75 Å². The molecule has 0 fully saturated rings. The molecule has 1 amide bonds. The van der Waals surface area contributed by atoms with Crippen molar-refractivity contribution >= 4 is 21.8 Å². The van der Waals surface area contributed by atoms with Crippen molar-refractivity contribution in [1.29, 1.82) is 0 Å². The summed E-state index contributed by atoms with van der Waals surface area (Å²) in [5.41, 5.74) is 3.61. The van der Waals surface area contributed by atoms with Crippen molar-refractivity contribution in [2.75, 3.05) is 6.61 Å². The van der Waals surface area contributed by atoms with Crippen LogP contribution in [0, 0.1) is 0 Å². The second-order valence-corrected chi connectivity index (χ2v) is 7.37. The third-order valence-corrected chi connectivity index (χ3v) is 4.87. The van der Waals surface area contributed by atoms with Crippen molar-refractivity contribution in [2.24, 2.45) is 0 Å². The van der Waals surface area contributed by atoms with Crippen LogP contribution in [0.3, 0.4) is 0 Å². The van der Waals surface area contributed by atoms with Crippen molar-refractivity contribution in [3.63, 3.8) is 0 Å². The van der Waals surface area contributed by atoms with E-state index in [4.69, 9.17) is 4.74 Å². The number of carbonyl (C=O) groups is 1. The van der Waals surface area contributed by atoms with Crippen LogP contribution in [0.4, 0.5) is 0 Å². The number of ether oxygens (including phenoxy) is 1. The minimum absolute atomic E-state index is 0.00297. The maximum Gasteiger partial charge on any atom is 0.258 e. The Morgan fingerprint density at radius 1 is 1.08 bits per heavy atom. The highest BCUT2D eigenvalue weighted by Crippen LogP contribution is 2.28. The van der Waals surface area contributed by atoms with Gasteiger partial charge in [0.2, 0.25) is 0 Å². The second-order valence-electron chi connectivity index (χ2n) is 6.52. The van der Waals surface area contributed by atoms with E-state index in [1.165, 1.54) is 11.1 Å². The summed E-state index contributed by atoms with van der Waals surface area (Å²) in [5.74, 6) is 1.00. The molecular weight excluding hydrogens is 378 g/mol. The van der Waals surface area contributed by atoms with Crippen LogP contribution >= 0.6 is 15.9 Å². The van der Waals surface area contributed by atoms with E-state index in [2.05, 4.69) is 66.3 Å². The predicted molar refractivity (Wildman–Crippen MR) is 106 cm³/mol. The number of benzene rings is 2. The van der Waals surface area contributed by atoms with E-state index in [9.17, 15) is 4.79 Å². The first-order chi connectivity index (χ1) is 11.9. The Balaban J connectivity index is 1.89. The lowest BCUT2D eigenvalue weighted by Gasteiger charge is -2.16. The molecule has 2 aromatic carbocycles. The molecule has 0 bridgehead atoms. The Morgan fingerprint density at radius 2 is 1.72 bits per heavy atom. The van der Waals surface area contributed by atoms with Crippen LogP contribution in [0.15, 0.2) is 46.9 Å². The van der Waals surface area contributed by atoms with Crippen molar-refractivity contribution in [2.45, 2.75) is 46.1 Å². The fraction of sp³-hybridized carbons (Fsp3) is 0.381. The molecule has 3 nitrogen and oxygen atoms in total. The number of aryl methyl sites for hydroxylation is 1. The van der Waals surface area contributed by atoms with Crippen molar-refractivity contribution in [3.05, 3.63) is 63.6 Å². The summed E-state index contributed by atoms with van der Waals surface area (Å²) in [6.45, 7) is 8.39. The van der Waals surface area contributed by atoms with Gasteiger partial charge in [-0.05, 0) is 64.0 Å². The maximum atomic E-state index is 12.2. The largest absolute Gasteiger partial charge is 0.483 e. The number of amides is 1. The topological polar surface area (TPSA) is 38.3 Å². The molecule has 4 heteroatoms. The summed E-state index contributed by atoms with van der Waals surface area (Å²) >= 11 is 3.51. The van der Waals surface area contributed by atoms with Crippen molar-refractivity contribution in [3.8, 4) is 5.75 Å². The van der Waals surface area contributed by atoms with Gasteiger partial charge in [-0.1, -0.05) is 51.1 Å². The number of nitrogens with one attached hydrogen (secondary N) is 1. The zero-order valence-electron chi connectivity index (χ0n) is 15.3. The highest BCUT2D eigenvalue weighted by Gasteiger charge is 2.12. The summed E-state index contributed by atoms with van der Waals surface area (Å²) in [5, 5.41) is 2.97. The summed E-state index contributed by atoms with van der Waals surface area (Å²) in [6, 6.07) is 14.2.